The molecule has 4 N–H and O–H groups in total. The van der Waals surface area contributed by atoms with Crippen molar-refractivity contribution >= 4 is 11.6 Å². The Morgan fingerprint density at radius 2 is 2.43 bits per heavy atom. The molecule has 2 aromatic heterocycles. The van der Waals surface area contributed by atoms with E-state index in [4.69, 9.17) is 10.8 Å². The summed E-state index contributed by atoms with van der Waals surface area (Å²) in [5, 5.41) is 19.0. The predicted octanol–water partition coefficient (Wildman–Crippen LogP) is -0.743. The van der Waals surface area contributed by atoms with Gasteiger partial charge in [-0.1, -0.05) is 0 Å². The second-order valence-electron chi connectivity index (χ2n) is 2.82. The van der Waals surface area contributed by atoms with Gasteiger partial charge in [0.05, 0.1) is 0 Å². The van der Waals surface area contributed by atoms with Crippen molar-refractivity contribution in [2.75, 3.05) is 6.54 Å². The Labute approximate surface area is 78.5 Å². The van der Waals surface area contributed by atoms with E-state index >= 15 is 0 Å². The average Bonchev–Trinajstić information content (AvgIpc) is 2.67. The molecule has 0 aliphatic heterocycles. The number of H-pyrrole nitrogens is 1. The maximum Gasteiger partial charge on any atom is 0.353 e. The molecule has 0 fully saturated rings. The Bertz CT molecular complexity index is 471. The first-order valence-electron chi connectivity index (χ1n) is 4.08. The highest BCUT2D eigenvalue weighted by Gasteiger charge is 2.11. The minimum atomic E-state index is -1.02. The van der Waals surface area contributed by atoms with E-state index < -0.39 is 5.97 Å². The lowest BCUT2D eigenvalue weighted by Gasteiger charge is -1.92. The van der Waals surface area contributed by atoms with Crippen LogP contribution in [0.25, 0.3) is 5.65 Å². The second kappa shape index (κ2) is 3.11. The van der Waals surface area contributed by atoms with Crippen molar-refractivity contribution in [3.05, 3.63) is 17.6 Å². The average molecular weight is 195 g/mol. The van der Waals surface area contributed by atoms with Gasteiger partial charge >= 0.3 is 5.97 Å². The van der Waals surface area contributed by atoms with Gasteiger partial charge in [-0.15, -0.1) is 10.2 Å². The molecule has 0 aromatic carbocycles. The molecule has 14 heavy (non-hydrogen) atoms. The number of aromatic carboxylic acids is 1. The molecule has 0 unspecified atom stereocenters. The van der Waals surface area contributed by atoms with Gasteiger partial charge in [-0.3, -0.25) is 5.10 Å². The normalized spacial score (nSPS) is 10.9. The number of nitrogens with one attached hydrogen (secondary N) is 1. The molecule has 2 rings (SSSR count). The topological polar surface area (TPSA) is 109 Å². The number of carboxylic acids is 1. The third-order valence-corrected chi connectivity index (χ3v) is 1.86. The van der Waals surface area contributed by atoms with E-state index in [-0.39, 0.29) is 5.69 Å². The Morgan fingerprint density at radius 1 is 1.64 bits per heavy atom. The van der Waals surface area contributed by atoms with Gasteiger partial charge in [0.1, 0.15) is 5.69 Å². The number of fused-ring (bicyclic) bond motifs is 1. The van der Waals surface area contributed by atoms with Gasteiger partial charge in [-0.2, -0.15) is 0 Å². The predicted molar refractivity (Wildman–Crippen MR) is 47.1 cm³/mol. The number of hydrogen-bond donors (Lipinski definition) is 3. The first-order chi connectivity index (χ1) is 6.72. The molecule has 0 amide bonds. The molecule has 7 nitrogen and oxygen atoms in total. The molecular weight excluding hydrogens is 186 g/mol. The molecular formula is C7H9N5O2. The molecule has 74 valence electrons. The lowest BCUT2D eigenvalue weighted by atomic mass is 10.4. The Balaban J connectivity index is 2.50. The summed E-state index contributed by atoms with van der Waals surface area (Å²) >= 11 is 0. The minimum Gasteiger partial charge on any atom is -0.477 e. The highest BCUT2D eigenvalue weighted by molar-refractivity contribution is 5.86. The molecule has 0 aliphatic carbocycles. The first kappa shape index (κ1) is 8.70. The van der Waals surface area contributed by atoms with Gasteiger partial charge in [0, 0.05) is 12.5 Å². The fourth-order valence-corrected chi connectivity index (χ4v) is 1.23. The molecule has 0 aliphatic rings. The monoisotopic (exact) mass is 195 g/mol. The molecule has 2 aromatic rings. The summed E-state index contributed by atoms with van der Waals surface area (Å²) in [5.41, 5.74) is 5.95. The quantitative estimate of drug-likeness (QED) is 0.597. The van der Waals surface area contributed by atoms with Gasteiger partial charge in [0.25, 0.3) is 0 Å². The number of aromatic amines is 1. The maximum atomic E-state index is 10.6. The highest BCUT2D eigenvalue weighted by atomic mass is 16.4. The molecule has 0 spiro atoms. The molecule has 0 radical (unpaired) electrons. The van der Waals surface area contributed by atoms with Crippen LogP contribution in [-0.4, -0.2) is 37.4 Å². The van der Waals surface area contributed by atoms with Crippen molar-refractivity contribution < 1.29 is 9.90 Å². The van der Waals surface area contributed by atoms with E-state index in [0.717, 1.165) is 0 Å². The van der Waals surface area contributed by atoms with Crippen molar-refractivity contribution in [3.8, 4) is 0 Å². The molecule has 2 heterocycles. The van der Waals surface area contributed by atoms with Crippen LogP contribution in [0.15, 0.2) is 6.07 Å². The number of carbonyl (C=O) groups is 1. The van der Waals surface area contributed by atoms with Gasteiger partial charge in [0.2, 0.25) is 0 Å². The van der Waals surface area contributed by atoms with Gasteiger partial charge < -0.3 is 10.8 Å². The number of nitrogens with zero attached hydrogens (tertiary/aromatic N) is 3. The zero-order chi connectivity index (χ0) is 10.1. The summed E-state index contributed by atoms with van der Waals surface area (Å²) in [7, 11) is 0. The number of aromatic nitrogens is 4. The smallest absolute Gasteiger partial charge is 0.353 e. The van der Waals surface area contributed by atoms with Gasteiger partial charge in [0.15, 0.2) is 11.5 Å². The second-order valence-corrected chi connectivity index (χ2v) is 2.82. The van der Waals surface area contributed by atoms with Gasteiger partial charge in [-0.05, 0) is 6.54 Å². The van der Waals surface area contributed by atoms with Crippen molar-refractivity contribution in [1.29, 1.82) is 0 Å². The minimum absolute atomic E-state index is 0.0909. The molecule has 0 saturated carbocycles. The largest absolute Gasteiger partial charge is 0.477 e. The van der Waals surface area contributed by atoms with Crippen LogP contribution in [0, 0.1) is 0 Å². The molecule has 7 heteroatoms. The third-order valence-electron chi connectivity index (χ3n) is 1.86. The van der Waals surface area contributed by atoms with E-state index in [1.807, 2.05) is 0 Å². The van der Waals surface area contributed by atoms with Crippen LogP contribution in [0.2, 0.25) is 0 Å². The fraction of sp³-hybridized carbons (Fsp3) is 0.286. The van der Waals surface area contributed by atoms with Crippen LogP contribution < -0.4 is 5.73 Å². The van der Waals surface area contributed by atoms with Crippen molar-refractivity contribution in [2.45, 2.75) is 6.42 Å². The Morgan fingerprint density at radius 3 is 3.07 bits per heavy atom. The van der Waals surface area contributed by atoms with Crippen molar-refractivity contribution in [1.82, 2.24) is 19.8 Å². The molecule has 0 atom stereocenters. The Kier molecular flexibility index (Phi) is 1.93. The standard InChI is InChI=1S/C7H9N5O2/c8-2-1-5-9-10-6-3-4(7(13)14)11-12(5)6/h3,11H,1-2,8H2,(H,13,14). The number of rotatable bonds is 3. The zero-order valence-corrected chi connectivity index (χ0v) is 7.27. The first-order valence-corrected chi connectivity index (χ1v) is 4.08. The number of nitrogens with two attached hydrogens (primary N) is 1. The maximum absolute atomic E-state index is 10.6. The summed E-state index contributed by atoms with van der Waals surface area (Å²) < 4.78 is 1.52. The van der Waals surface area contributed by atoms with E-state index in [1.165, 1.54) is 10.6 Å². The Hall–Kier alpha value is -1.89. The third kappa shape index (κ3) is 1.23. The summed E-state index contributed by atoms with van der Waals surface area (Å²) in [5.74, 6) is -0.385. The van der Waals surface area contributed by atoms with E-state index in [9.17, 15) is 4.79 Å². The van der Waals surface area contributed by atoms with Crippen LogP contribution in [0.5, 0.6) is 0 Å². The number of hydrogen-bond acceptors (Lipinski definition) is 4. The van der Waals surface area contributed by atoms with Gasteiger partial charge in [-0.25, -0.2) is 9.31 Å². The summed E-state index contributed by atoms with van der Waals surface area (Å²) in [6.07, 6.45) is 0.556. The van der Waals surface area contributed by atoms with E-state index in [2.05, 4.69) is 15.3 Å². The number of carboxylic acid groups (broad SMARTS) is 1. The summed E-state index contributed by atoms with van der Waals surface area (Å²) in [6, 6.07) is 1.43. The van der Waals surface area contributed by atoms with Crippen LogP contribution in [0.3, 0.4) is 0 Å². The van der Waals surface area contributed by atoms with Crippen LogP contribution >= 0.6 is 0 Å². The lowest BCUT2D eigenvalue weighted by molar-refractivity contribution is 0.0690. The van der Waals surface area contributed by atoms with E-state index in [0.29, 0.717) is 24.4 Å². The highest BCUT2D eigenvalue weighted by Crippen LogP contribution is 2.05. The van der Waals surface area contributed by atoms with Crippen LogP contribution in [0.1, 0.15) is 16.3 Å². The van der Waals surface area contributed by atoms with Crippen LogP contribution in [0.4, 0.5) is 0 Å². The van der Waals surface area contributed by atoms with Crippen molar-refractivity contribution in [3.63, 3.8) is 0 Å². The molecule has 0 saturated heterocycles. The van der Waals surface area contributed by atoms with Crippen LogP contribution in [-0.2, 0) is 6.42 Å². The van der Waals surface area contributed by atoms with Crippen molar-refractivity contribution in [2.24, 2.45) is 5.73 Å². The zero-order valence-electron chi connectivity index (χ0n) is 7.27. The summed E-state index contributed by atoms with van der Waals surface area (Å²) in [4.78, 5) is 10.6. The van der Waals surface area contributed by atoms with E-state index in [1.54, 1.807) is 0 Å². The molecule has 0 bridgehead atoms. The fourth-order valence-electron chi connectivity index (χ4n) is 1.23. The summed E-state index contributed by atoms with van der Waals surface area (Å²) in [6.45, 7) is 0.447. The lowest BCUT2D eigenvalue weighted by Crippen LogP contribution is -2.07. The SMILES string of the molecule is NCCc1nnc2cc(C(=O)O)[nH]n12.